The van der Waals surface area contributed by atoms with E-state index in [1.807, 2.05) is 6.07 Å². The van der Waals surface area contributed by atoms with Gasteiger partial charge in [0.05, 0.1) is 5.56 Å². The van der Waals surface area contributed by atoms with Gasteiger partial charge < -0.3 is 11.1 Å². The Labute approximate surface area is 76.4 Å². The Balaban J connectivity index is 2.02. The number of nitrogens with one attached hydrogen (secondary N) is 1. The van der Waals surface area contributed by atoms with Gasteiger partial charge in [0.25, 0.3) is 0 Å². The van der Waals surface area contributed by atoms with Crippen molar-refractivity contribution in [3.05, 3.63) is 23.9 Å². The summed E-state index contributed by atoms with van der Waals surface area (Å²) in [5.41, 5.74) is 6.20. The smallest absolute Gasteiger partial charge is 0.126 e. The summed E-state index contributed by atoms with van der Waals surface area (Å²) in [6, 6.07) is 6.17. The number of nitrogens with zero attached hydrogens (tertiary/aromatic N) is 2. The van der Waals surface area contributed by atoms with Crippen LogP contribution in [0.2, 0.25) is 0 Å². The predicted octanol–water partition coefficient (Wildman–Crippen LogP) is 0.465. The Bertz CT molecular complexity index is 338. The number of nitriles is 1. The van der Waals surface area contributed by atoms with Gasteiger partial charge in [-0.15, -0.1) is 0 Å². The summed E-state index contributed by atoms with van der Waals surface area (Å²) in [6.07, 6.45) is 2.55. The minimum atomic E-state index is 0.262. The zero-order valence-electron chi connectivity index (χ0n) is 7.07. The molecule has 1 unspecified atom stereocenters. The average Bonchev–Trinajstić information content (AvgIpc) is 2.83. The Morgan fingerprint density at radius 1 is 1.62 bits per heavy atom. The molecule has 2 rings (SSSR count). The first-order valence-corrected chi connectivity index (χ1v) is 4.18. The van der Waals surface area contributed by atoms with Crippen molar-refractivity contribution in [2.24, 2.45) is 5.73 Å². The van der Waals surface area contributed by atoms with E-state index < -0.39 is 0 Å². The van der Waals surface area contributed by atoms with E-state index in [0.29, 0.717) is 11.6 Å². The molecule has 0 amide bonds. The van der Waals surface area contributed by atoms with Gasteiger partial charge in [-0.05, 0) is 18.6 Å². The van der Waals surface area contributed by atoms with Gasteiger partial charge in [0.1, 0.15) is 11.9 Å². The van der Waals surface area contributed by atoms with Gasteiger partial charge in [-0.3, -0.25) is 0 Å². The molecule has 1 aliphatic carbocycles. The molecule has 1 aromatic heterocycles. The topological polar surface area (TPSA) is 74.7 Å². The highest BCUT2D eigenvalue weighted by atomic mass is 15.1. The third-order valence-electron chi connectivity index (χ3n) is 2.07. The van der Waals surface area contributed by atoms with Gasteiger partial charge in [-0.25, -0.2) is 4.98 Å². The standard InChI is InChI=1S/C9H10N4/c10-4-6-1-2-9(12-5-6)13-8-3-7(8)11/h1-2,5,7-8H,3,11H2,(H,12,13)/t7?,8-/m0/s1. The van der Waals surface area contributed by atoms with E-state index in [2.05, 4.69) is 10.3 Å². The highest BCUT2D eigenvalue weighted by Crippen LogP contribution is 2.22. The molecule has 1 aliphatic rings. The predicted molar refractivity (Wildman–Crippen MR) is 49.0 cm³/mol. The normalized spacial score (nSPS) is 24.9. The van der Waals surface area contributed by atoms with E-state index >= 15 is 0 Å². The first-order valence-electron chi connectivity index (χ1n) is 4.18. The fraction of sp³-hybridized carbons (Fsp3) is 0.333. The van der Waals surface area contributed by atoms with Gasteiger partial charge in [-0.1, -0.05) is 0 Å². The minimum absolute atomic E-state index is 0.262. The van der Waals surface area contributed by atoms with E-state index in [1.54, 1.807) is 18.3 Å². The lowest BCUT2D eigenvalue weighted by molar-refractivity contribution is 0.996. The maximum atomic E-state index is 8.53. The highest BCUT2D eigenvalue weighted by Gasteiger charge is 2.33. The summed E-state index contributed by atoms with van der Waals surface area (Å²) in [6.45, 7) is 0. The molecular formula is C9H10N4. The summed E-state index contributed by atoms with van der Waals surface area (Å²) in [4.78, 5) is 4.07. The number of rotatable bonds is 2. The van der Waals surface area contributed by atoms with Crippen molar-refractivity contribution in [2.75, 3.05) is 5.32 Å². The minimum Gasteiger partial charge on any atom is -0.366 e. The molecule has 2 atom stereocenters. The second-order valence-corrected chi connectivity index (χ2v) is 3.19. The van der Waals surface area contributed by atoms with Crippen LogP contribution >= 0.6 is 0 Å². The zero-order valence-corrected chi connectivity index (χ0v) is 7.07. The lowest BCUT2D eigenvalue weighted by atomic mass is 10.3. The molecule has 0 bridgehead atoms. The van der Waals surface area contributed by atoms with Crippen LogP contribution in [-0.4, -0.2) is 17.1 Å². The number of hydrogen-bond acceptors (Lipinski definition) is 4. The van der Waals surface area contributed by atoms with Crippen molar-refractivity contribution >= 4 is 5.82 Å². The second-order valence-electron chi connectivity index (χ2n) is 3.19. The average molecular weight is 174 g/mol. The molecule has 1 saturated carbocycles. The van der Waals surface area contributed by atoms with Gasteiger partial charge in [0, 0.05) is 18.3 Å². The van der Waals surface area contributed by atoms with Crippen LogP contribution < -0.4 is 11.1 Å². The van der Waals surface area contributed by atoms with Crippen molar-refractivity contribution in [1.29, 1.82) is 5.26 Å². The molecule has 0 saturated heterocycles. The van der Waals surface area contributed by atoms with Crippen molar-refractivity contribution in [3.8, 4) is 6.07 Å². The van der Waals surface area contributed by atoms with Gasteiger partial charge in [-0.2, -0.15) is 5.26 Å². The maximum absolute atomic E-state index is 8.53. The monoisotopic (exact) mass is 174 g/mol. The van der Waals surface area contributed by atoms with Crippen LogP contribution in [0.1, 0.15) is 12.0 Å². The van der Waals surface area contributed by atoms with Crippen molar-refractivity contribution in [3.63, 3.8) is 0 Å². The second kappa shape index (κ2) is 3.04. The Morgan fingerprint density at radius 2 is 2.38 bits per heavy atom. The fourth-order valence-corrected chi connectivity index (χ4v) is 1.12. The zero-order chi connectivity index (χ0) is 9.26. The Morgan fingerprint density at radius 3 is 2.85 bits per heavy atom. The first kappa shape index (κ1) is 8.02. The molecule has 0 spiro atoms. The molecule has 1 heterocycles. The molecule has 66 valence electrons. The van der Waals surface area contributed by atoms with Crippen LogP contribution in [0.3, 0.4) is 0 Å². The molecule has 4 nitrogen and oxygen atoms in total. The van der Waals surface area contributed by atoms with Crippen LogP contribution in [0.4, 0.5) is 5.82 Å². The van der Waals surface area contributed by atoms with E-state index in [-0.39, 0.29) is 6.04 Å². The first-order chi connectivity index (χ1) is 6.29. The van der Waals surface area contributed by atoms with Crippen LogP contribution in [0, 0.1) is 11.3 Å². The van der Waals surface area contributed by atoms with Gasteiger partial charge >= 0.3 is 0 Å². The van der Waals surface area contributed by atoms with E-state index in [0.717, 1.165) is 12.2 Å². The molecule has 13 heavy (non-hydrogen) atoms. The lowest BCUT2D eigenvalue weighted by Crippen LogP contribution is -2.13. The fourth-order valence-electron chi connectivity index (χ4n) is 1.12. The summed E-state index contributed by atoms with van der Waals surface area (Å²) >= 11 is 0. The summed E-state index contributed by atoms with van der Waals surface area (Å²) in [5, 5.41) is 11.7. The van der Waals surface area contributed by atoms with Crippen molar-refractivity contribution in [2.45, 2.75) is 18.5 Å². The van der Waals surface area contributed by atoms with Crippen LogP contribution in [0.5, 0.6) is 0 Å². The third kappa shape index (κ3) is 1.76. The van der Waals surface area contributed by atoms with E-state index in [4.69, 9.17) is 11.0 Å². The number of nitrogens with two attached hydrogens (primary N) is 1. The van der Waals surface area contributed by atoms with Crippen LogP contribution in [0.25, 0.3) is 0 Å². The van der Waals surface area contributed by atoms with Crippen molar-refractivity contribution in [1.82, 2.24) is 4.98 Å². The number of pyridine rings is 1. The molecule has 1 fully saturated rings. The quantitative estimate of drug-likeness (QED) is 0.683. The van der Waals surface area contributed by atoms with E-state index in [1.165, 1.54) is 0 Å². The lowest BCUT2D eigenvalue weighted by Gasteiger charge is -2.02. The Kier molecular flexibility index (Phi) is 1.87. The third-order valence-corrected chi connectivity index (χ3v) is 2.07. The van der Waals surface area contributed by atoms with Gasteiger partial charge in [0.15, 0.2) is 0 Å². The molecule has 0 aliphatic heterocycles. The molecule has 0 aromatic carbocycles. The number of aromatic nitrogens is 1. The van der Waals surface area contributed by atoms with Crippen LogP contribution in [-0.2, 0) is 0 Å². The summed E-state index contributed by atoms with van der Waals surface area (Å²) < 4.78 is 0. The SMILES string of the molecule is N#Cc1ccc(N[C@H]2CC2N)nc1. The molecule has 3 N–H and O–H groups in total. The largest absolute Gasteiger partial charge is 0.366 e. The maximum Gasteiger partial charge on any atom is 0.126 e. The molecule has 1 aromatic rings. The number of anilines is 1. The van der Waals surface area contributed by atoms with E-state index in [9.17, 15) is 0 Å². The summed E-state index contributed by atoms with van der Waals surface area (Å²) in [5.74, 6) is 0.789. The molecule has 4 heteroatoms. The Hall–Kier alpha value is -1.60. The summed E-state index contributed by atoms with van der Waals surface area (Å²) in [7, 11) is 0. The molecule has 0 radical (unpaired) electrons. The van der Waals surface area contributed by atoms with Gasteiger partial charge in [0.2, 0.25) is 0 Å². The highest BCUT2D eigenvalue weighted by molar-refractivity contribution is 5.41. The molecular weight excluding hydrogens is 164 g/mol. The number of hydrogen-bond donors (Lipinski definition) is 2. The van der Waals surface area contributed by atoms with Crippen molar-refractivity contribution < 1.29 is 0 Å². The van der Waals surface area contributed by atoms with Crippen LogP contribution in [0.15, 0.2) is 18.3 Å².